The highest BCUT2D eigenvalue weighted by Gasteiger charge is 2.23. The molecule has 0 unspecified atom stereocenters. The Kier molecular flexibility index (Phi) is 5.79. The lowest BCUT2D eigenvalue weighted by molar-refractivity contribution is 0.0720. The van der Waals surface area contributed by atoms with Crippen molar-refractivity contribution < 1.29 is 4.79 Å². The fourth-order valence-corrected chi connectivity index (χ4v) is 3.26. The number of aryl methyl sites for hydroxylation is 2. The van der Waals surface area contributed by atoms with Gasteiger partial charge in [-0.1, -0.05) is 25.8 Å². The highest BCUT2D eigenvalue weighted by Crippen LogP contribution is 2.27. The summed E-state index contributed by atoms with van der Waals surface area (Å²) in [6.45, 7) is 6.04. The molecule has 3 rings (SSSR count). The third-order valence-corrected chi connectivity index (χ3v) is 5.01. The van der Waals surface area contributed by atoms with Gasteiger partial charge in [-0.2, -0.15) is 0 Å². The first-order valence-corrected chi connectivity index (χ1v) is 9.43. The van der Waals surface area contributed by atoms with E-state index in [1.165, 1.54) is 0 Å². The molecule has 140 valence electrons. The lowest BCUT2D eigenvalue weighted by Crippen LogP contribution is -2.31. The van der Waals surface area contributed by atoms with E-state index in [-0.39, 0.29) is 11.9 Å². The number of rotatable bonds is 6. The molecule has 1 amide bonds. The Bertz CT molecular complexity index is 940. The van der Waals surface area contributed by atoms with Crippen molar-refractivity contribution in [3.63, 3.8) is 0 Å². The Morgan fingerprint density at radius 2 is 1.85 bits per heavy atom. The Balaban J connectivity index is 1.92. The van der Waals surface area contributed by atoms with Crippen molar-refractivity contribution in [1.29, 1.82) is 0 Å². The molecule has 0 aliphatic carbocycles. The summed E-state index contributed by atoms with van der Waals surface area (Å²) in [6.07, 6.45) is 6.66. The molecule has 3 aromatic rings. The maximum Gasteiger partial charge on any atom is 0.254 e. The molecular formula is C22H26N4O. The third kappa shape index (κ3) is 4.13. The molecule has 5 heteroatoms. The van der Waals surface area contributed by atoms with Crippen LogP contribution in [0.4, 0.5) is 0 Å². The number of hydrogen-bond acceptors (Lipinski definition) is 4. The molecule has 0 N–H and O–H groups in total. The zero-order valence-electron chi connectivity index (χ0n) is 16.4. The second-order valence-corrected chi connectivity index (χ2v) is 6.96. The van der Waals surface area contributed by atoms with Crippen LogP contribution in [0.2, 0.25) is 0 Å². The van der Waals surface area contributed by atoms with Crippen molar-refractivity contribution in [3.8, 4) is 0 Å². The molecule has 2 heterocycles. The van der Waals surface area contributed by atoms with Crippen molar-refractivity contribution >= 4 is 16.9 Å². The van der Waals surface area contributed by atoms with Gasteiger partial charge in [0.1, 0.15) is 0 Å². The van der Waals surface area contributed by atoms with E-state index >= 15 is 0 Å². The van der Waals surface area contributed by atoms with E-state index in [4.69, 9.17) is 0 Å². The van der Waals surface area contributed by atoms with E-state index in [0.717, 1.165) is 47.2 Å². The summed E-state index contributed by atoms with van der Waals surface area (Å²) in [4.78, 5) is 28.4. The average Bonchev–Trinajstić information content (AvgIpc) is 2.69. The average molecular weight is 362 g/mol. The number of carbonyl (C=O) groups is 1. The second kappa shape index (κ2) is 8.25. The lowest BCUT2D eigenvalue weighted by atomic mass is 10.0. The van der Waals surface area contributed by atoms with Gasteiger partial charge in [-0.15, -0.1) is 0 Å². The molecule has 0 spiro atoms. The molecule has 0 saturated carbocycles. The minimum absolute atomic E-state index is 0.00712. The maximum absolute atomic E-state index is 13.2. The predicted molar refractivity (Wildman–Crippen MR) is 108 cm³/mol. The van der Waals surface area contributed by atoms with E-state index in [2.05, 4.69) is 21.9 Å². The molecule has 0 aliphatic rings. The van der Waals surface area contributed by atoms with Gasteiger partial charge in [-0.25, -0.2) is 9.97 Å². The normalized spacial score (nSPS) is 12.1. The van der Waals surface area contributed by atoms with Crippen LogP contribution in [0.25, 0.3) is 11.0 Å². The van der Waals surface area contributed by atoms with E-state index in [1.807, 2.05) is 62.3 Å². The number of unbranched alkanes of at least 4 members (excludes halogenated alkanes) is 1. The van der Waals surface area contributed by atoms with Gasteiger partial charge < -0.3 is 4.90 Å². The number of carbonyl (C=O) groups excluding carboxylic acids is 1. The fraction of sp³-hybridized carbons (Fsp3) is 0.364. The first-order valence-electron chi connectivity index (χ1n) is 9.43. The molecule has 5 nitrogen and oxygen atoms in total. The summed E-state index contributed by atoms with van der Waals surface area (Å²) in [7, 11) is 1.87. The first-order chi connectivity index (χ1) is 13.0. The monoisotopic (exact) mass is 362 g/mol. The standard InChI is InChI=1S/C22H26N4O/c1-5-6-9-21(18-8-7-12-23-14-18)26(4)22(27)17-10-11-19-20(13-17)25-16(3)15(2)24-19/h7-8,10-14,21H,5-6,9H2,1-4H3/t21-/m1/s1. The molecule has 0 aliphatic heterocycles. The minimum atomic E-state index is -0.0121. The summed E-state index contributed by atoms with van der Waals surface area (Å²) < 4.78 is 0. The van der Waals surface area contributed by atoms with Gasteiger partial charge in [0.2, 0.25) is 0 Å². The summed E-state index contributed by atoms with van der Waals surface area (Å²) >= 11 is 0. The molecular weight excluding hydrogens is 336 g/mol. The van der Waals surface area contributed by atoms with Crippen LogP contribution in [0.5, 0.6) is 0 Å². The molecule has 1 atom stereocenters. The van der Waals surface area contributed by atoms with Crippen LogP contribution in [0.15, 0.2) is 42.7 Å². The third-order valence-electron chi connectivity index (χ3n) is 5.01. The van der Waals surface area contributed by atoms with Crippen molar-refractivity contribution in [1.82, 2.24) is 19.9 Å². The molecule has 0 saturated heterocycles. The van der Waals surface area contributed by atoms with Crippen LogP contribution < -0.4 is 0 Å². The first kappa shape index (κ1) is 19.0. The van der Waals surface area contributed by atoms with Gasteiger partial charge in [0.25, 0.3) is 5.91 Å². The van der Waals surface area contributed by atoms with Crippen LogP contribution in [0.1, 0.15) is 59.5 Å². The zero-order valence-corrected chi connectivity index (χ0v) is 16.4. The number of benzene rings is 1. The van der Waals surface area contributed by atoms with Gasteiger partial charge in [-0.05, 0) is 50.1 Å². The Morgan fingerprint density at radius 1 is 1.11 bits per heavy atom. The Hall–Kier alpha value is -2.82. The Morgan fingerprint density at radius 3 is 2.52 bits per heavy atom. The van der Waals surface area contributed by atoms with Crippen LogP contribution in [-0.4, -0.2) is 32.8 Å². The smallest absolute Gasteiger partial charge is 0.254 e. The summed E-state index contributed by atoms with van der Waals surface area (Å²) in [5.74, 6) is -0.0121. The van der Waals surface area contributed by atoms with Crippen molar-refractivity contribution in [3.05, 3.63) is 65.2 Å². The highest BCUT2D eigenvalue weighted by molar-refractivity contribution is 5.97. The van der Waals surface area contributed by atoms with Crippen molar-refractivity contribution in [2.24, 2.45) is 0 Å². The van der Waals surface area contributed by atoms with Crippen molar-refractivity contribution in [2.75, 3.05) is 7.05 Å². The fourth-order valence-electron chi connectivity index (χ4n) is 3.26. The number of pyridine rings is 1. The molecule has 0 bridgehead atoms. The van der Waals surface area contributed by atoms with Crippen LogP contribution in [0.3, 0.4) is 0 Å². The molecule has 1 aromatic carbocycles. The second-order valence-electron chi connectivity index (χ2n) is 6.96. The van der Waals surface area contributed by atoms with E-state index in [0.29, 0.717) is 5.56 Å². The lowest BCUT2D eigenvalue weighted by Gasteiger charge is -2.28. The van der Waals surface area contributed by atoms with Gasteiger partial charge in [0.05, 0.1) is 28.5 Å². The number of hydrogen-bond donors (Lipinski definition) is 0. The largest absolute Gasteiger partial charge is 0.335 e. The number of aromatic nitrogens is 3. The topological polar surface area (TPSA) is 59.0 Å². The SMILES string of the molecule is CCCC[C@H](c1cccnc1)N(C)C(=O)c1ccc2nc(C)c(C)nc2c1. The van der Waals surface area contributed by atoms with E-state index < -0.39 is 0 Å². The van der Waals surface area contributed by atoms with Gasteiger partial charge in [0, 0.05) is 25.0 Å². The van der Waals surface area contributed by atoms with Gasteiger partial charge in [-0.3, -0.25) is 9.78 Å². The minimum Gasteiger partial charge on any atom is -0.335 e. The molecule has 0 radical (unpaired) electrons. The van der Waals surface area contributed by atoms with Crippen LogP contribution in [0, 0.1) is 13.8 Å². The predicted octanol–water partition coefficient (Wildman–Crippen LogP) is 4.65. The van der Waals surface area contributed by atoms with E-state index in [1.54, 1.807) is 6.20 Å². The van der Waals surface area contributed by atoms with Crippen molar-refractivity contribution in [2.45, 2.75) is 46.1 Å². The summed E-state index contributed by atoms with van der Waals surface area (Å²) in [5.41, 5.74) is 5.06. The quantitative estimate of drug-likeness (QED) is 0.641. The number of nitrogens with zero attached hydrogens (tertiary/aromatic N) is 4. The number of fused-ring (bicyclic) bond motifs is 1. The zero-order chi connectivity index (χ0) is 19.4. The van der Waals surface area contributed by atoms with Gasteiger partial charge >= 0.3 is 0 Å². The summed E-state index contributed by atoms with van der Waals surface area (Å²) in [5, 5.41) is 0. The number of amides is 1. The van der Waals surface area contributed by atoms with E-state index in [9.17, 15) is 4.79 Å². The van der Waals surface area contributed by atoms with Crippen LogP contribution in [-0.2, 0) is 0 Å². The van der Waals surface area contributed by atoms with Crippen LogP contribution >= 0.6 is 0 Å². The molecule has 0 fully saturated rings. The Labute approximate surface area is 160 Å². The highest BCUT2D eigenvalue weighted by atomic mass is 16.2. The summed E-state index contributed by atoms with van der Waals surface area (Å²) in [6, 6.07) is 9.52. The molecule has 2 aromatic heterocycles. The maximum atomic E-state index is 13.2. The van der Waals surface area contributed by atoms with Gasteiger partial charge in [0.15, 0.2) is 0 Å². The molecule has 27 heavy (non-hydrogen) atoms.